The van der Waals surface area contributed by atoms with Crippen LogP contribution in [0.2, 0.25) is 0 Å². The second-order valence-electron chi connectivity index (χ2n) is 3.66. The van der Waals surface area contributed by atoms with Gasteiger partial charge in [0.2, 0.25) is 0 Å². The predicted molar refractivity (Wildman–Crippen MR) is 72.3 cm³/mol. The molecule has 98 valence electrons. The standard InChI is InChI=1S/C12H19NO2.C2H6/c1-9(2)14-11-7-5-6-8-12(11)15-10(3)13-4;1-2/h7-9,13H,3,5-6H2,1-2,4H3;1-2H3. The second kappa shape index (κ2) is 8.74. The van der Waals surface area contributed by atoms with Crippen LogP contribution in [0.15, 0.2) is 36.1 Å². The Morgan fingerprint density at radius 3 is 2.24 bits per heavy atom. The quantitative estimate of drug-likeness (QED) is 0.742. The van der Waals surface area contributed by atoms with Crippen molar-refractivity contribution >= 4 is 0 Å². The van der Waals surface area contributed by atoms with E-state index in [1.165, 1.54) is 0 Å². The fraction of sp³-hybridized carbons (Fsp3) is 0.571. The minimum atomic E-state index is 0.157. The van der Waals surface area contributed by atoms with Crippen LogP contribution in [0.5, 0.6) is 0 Å². The van der Waals surface area contributed by atoms with E-state index in [0.717, 1.165) is 24.4 Å². The van der Waals surface area contributed by atoms with Gasteiger partial charge in [-0.15, -0.1) is 0 Å². The Balaban J connectivity index is 0.00000121. The van der Waals surface area contributed by atoms with Crippen LogP contribution >= 0.6 is 0 Å². The molecule has 3 heteroatoms. The first kappa shape index (κ1) is 15.6. The molecule has 0 fully saturated rings. The lowest BCUT2D eigenvalue weighted by Crippen LogP contribution is -2.13. The molecule has 3 nitrogen and oxygen atoms in total. The average Bonchev–Trinajstić information content (AvgIpc) is 2.33. The molecule has 0 heterocycles. The van der Waals surface area contributed by atoms with Crippen LogP contribution in [0.3, 0.4) is 0 Å². The predicted octanol–water partition coefficient (Wildman–Crippen LogP) is 3.71. The molecular weight excluding hydrogens is 214 g/mol. The van der Waals surface area contributed by atoms with Gasteiger partial charge in [0.05, 0.1) is 6.10 Å². The molecule has 0 spiro atoms. The van der Waals surface area contributed by atoms with Crippen molar-refractivity contribution in [2.45, 2.75) is 46.6 Å². The summed E-state index contributed by atoms with van der Waals surface area (Å²) in [6.07, 6.45) is 6.22. The van der Waals surface area contributed by atoms with E-state index in [1.54, 1.807) is 7.05 Å². The van der Waals surface area contributed by atoms with E-state index in [4.69, 9.17) is 9.47 Å². The first-order chi connectivity index (χ1) is 8.13. The lowest BCUT2D eigenvalue weighted by molar-refractivity contribution is 0.124. The SMILES string of the molecule is C=C(NC)OC1=CCCC=C1OC(C)C.CC. The molecule has 0 radical (unpaired) electrons. The monoisotopic (exact) mass is 239 g/mol. The van der Waals surface area contributed by atoms with E-state index < -0.39 is 0 Å². The maximum absolute atomic E-state index is 5.65. The van der Waals surface area contributed by atoms with E-state index in [2.05, 4.69) is 18.0 Å². The highest BCUT2D eigenvalue weighted by atomic mass is 16.5. The Bertz CT molecular complexity index is 291. The summed E-state index contributed by atoms with van der Waals surface area (Å²) in [6.45, 7) is 11.7. The molecule has 0 aromatic heterocycles. The number of rotatable bonds is 5. The zero-order valence-corrected chi connectivity index (χ0v) is 11.7. The van der Waals surface area contributed by atoms with Crippen LogP contribution in [-0.2, 0) is 9.47 Å². The largest absolute Gasteiger partial charge is 0.487 e. The Labute approximate surface area is 105 Å². The van der Waals surface area contributed by atoms with Gasteiger partial charge in [-0.3, -0.25) is 0 Å². The van der Waals surface area contributed by atoms with Gasteiger partial charge in [-0.1, -0.05) is 13.8 Å². The topological polar surface area (TPSA) is 30.5 Å². The summed E-state index contributed by atoms with van der Waals surface area (Å²) in [6, 6.07) is 0. The fourth-order valence-electron chi connectivity index (χ4n) is 1.27. The Morgan fingerprint density at radius 2 is 1.76 bits per heavy atom. The molecule has 1 aliphatic rings. The van der Waals surface area contributed by atoms with Crippen molar-refractivity contribution in [3.8, 4) is 0 Å². The smallest absolute Gasteiger partial charge is 0.186 e. The third-order valence-electron chi connectivity index (χ3n) is 1.94. The highest BCUT2D eigenvalue weighted by Gasteiger charge is 2.14. The maximum atomic E-state index is 5.65. The zero-order valence-electron chi connectivity index (χ0n) is 11.7. The van der Waals surface area contributed by atoms with Crippen LogP contribution in [0, 0.1) is 0 Å². The van der Waals surface area contributed by atoms with Gasteiger partial charge in [0, 0.05) is 7.05 Å². The molecule has 0 aliphatic heterocycles. The highest BCUT2D eigenvalue weighted by Crippen LogP contribution is 2.23. The highest BCUT2D eigenvalue weighted by molar-refractivity contribution is 5.25. The number of hydrogen-bond acceptors (Lipinski definition) is 3. The normalized spacial score (nSPS) is 14.0. The molecule has 0 atom stereocenters. The van der Waals surface area contributed by atoms with Gasteiger partial charge in [-0.25, -0.2) is 0 Å². The van der Waals surface area contributed by atoms with Crippen molar-refractivity contribution < 1.29 is 9.47 Å². The lowest BCUT2D eigenvalue weighted by atomic mass is 10.1. The van der Waals surface area contributed by atoms with Gasteiger partial charge < -0.3 is 14.8 Å². The van der Waals surface area contributed by atoms with Gasteiger partial charge in [0.15, 0.2) is 17.4 Å². The zero-order chi connectivity index (χ0) is 13.3. The molecule has 17 heavy (non-hydrogen) atoms. The van der Waals surface area contributed by atoms with Crippen molar-refractivity contribution in [3.63, 3.8) is 0 Å². The molecule has 0 saturated heterocycles. The molecule has 0 amide bonds. The van der Waals surface area contributed by atoms with Crippen LogP contribution in [0.4, 0.5) is 0 Å². The Hall–Kier alpha value is -1.38. The molecular formula is C14H25NO2. The number of ether oxygens (including phenoxy) is 2. The number of hydrogen-bond donors (Lipinski definition) is 1. The summed E-state index contributed by atoms with van der Waals surface area (Å²) < 4.78 is 11.2. The third kappa shape index (κ3) is 6.05. The van der Waals surface area contributed by atoms with E-state index in [-0.39, 0.29) is 6.10 Å². The third-order valence-corrected chi connectivity index (χ3v) is 1.94. The molecule has 0 unspecified atom stereocenters. The molecule has 0 aromatic rings. The summed E-state index contributed by atoms with van der Waals surface area (Å²) in [5, 5.41) is 2.85. The van der Waals surface area contributed by atoms with Crippen molar-refractivity contribution in [2.24, 2.45) is 0 Å². The van der Waals surface area contributed by atoms with Crippen molar-refractivity contribution in [3.05, 3.63) is 36.1 Å². The van der Waals surface area contributed by atoms with Gasteiger partial charge in [-0.05, 0) is 45.4 Å². The van der Waals surface area contributed by atoms with E-state index in [1.807, 2.05) is 33.8 Å². The Kier molecular flexibility index (Phi) is 8.03. The van der Waals surface area contributed by atoms with Crippen LogP contribution < -0.4 is 5.32 Å². The summed E-state index contributed by atoms with van der Waals surface area (Å²) in [5.41, 5.74) is 0. The maximum Gasteiger partial charge on any atom is 0.186 e. The van der Waals surface area contributed by atoms with Crippen molar-refractivity contribution in [2.75, 3.05) is 7.05 Å². The van der Waals surface area contributed by atoms with Gasteiger partial charge in [-0.2, -0.15) is 0 Å². The molecule has 1 aliphatic carbocycles. The fourth-order valence-corrected chi connectivity index (χ4v) is 1.27. The second-order valence-corrected chi connectivity index (χ2v) is 3.66. The average molecular weight is 239 g/mol. The van der Waals surface area contributed by atoms with Gasteiger partial charge >= 0.3 is 0 Å². The minimum absolute atomic E-state index is 0.157. The summed E-state index contributed by atoms with van der Waals surface area (Å²) in [7, 11) is 1.78. The molecule has 1 rings (SSSR count). The van der Waals surface area contributed by atoms with Crippen LogP contribution in [0.25, 0.3) is 0 Å². The van der Waals surface area contributed by atoms with E-state index >= 15 is 0 Å². The van der Waals surface area contributed by atoms with E-state index in [0.29, 0.717) is 5.88 Å². The molecule has 0 aromatic carbocycles. The lowest BCUT2D eigenvalue weighted by Gasteiger charge is -2.20. The van der Waals surface area contributed by atoms with Crippen LogP contribution in [0.1, 0.15) is 40.5 Å². The van der Waals surface area contributed by atoms with Gasteiger partial charge in [0.1, 0.15) is 0 Å². The summed E-state index contributed by atoms with van der Waals surface area (Å²) in [5.74, 6) is 2.10. The van der Waals surface area contributed by atoms with E-state index in [9.17, 15) is 0 Å². The first-order valence-corrected chi connectivity index (χ1v) is 6.25. The molecule has 0 bridgehead atoms. The van der Waals surface area contributed by atoms with Crippen molar-refractivity contribution in [1.29, 1.82) is 0 Å². The first-order valence-electron chi connectivity index (χ1n) is 6.25. The molecule has 1 N–H and O–H groups in total. The van der Waals surface area contributed by atoms with Crippen molar-refractivity contribution in [1.82, 2.24) is 5.32 Å². The summed E-state index contributed by atoms with van der Waals surface area (Å²) >= 11 is 0. The minimum Gasteiger partial charge on any atom is -0.487 e. The van der Waals surface area contributed by atoms with Gasteiger partial charge in [0.25, 0.3) is 0 Å². The molecule has 0 saturated carbocycles. The number of nitrogens with one attached hydrogen (secondary N) is 1. The number of allylic oxidation sites excluding steroid dienone is 2. The van der Waals surface area contributed by atoms with Crippen LogP contribution in [-0.4, -0.2) is 13.2 Å². The Morgan fingerprint density at radius 1 is 1.24 bits per heavy atom. The summed E-state index contributed by atoms with van der Waals surface area (Å²) in [4.78, 5) is 0.